The van der Waals surface area contributed by atoms with Crippen LogP contribution in [0.4, 0.5) is 0 Å². The van der Waals surface area contributed by atoms with E-state index >= 15 is 0 Å². The van der Waals surface area contributed by atoms with Gasteiger partial charge in [-0.1, -0.05) is 29.8 Å². The molecular formula is C25H29ClO5. The summed E-state index contributed by atoms with van der Waals surface area (Å²) in [4.78, 5) is 0. The van der Waals surface area contributed by atoms with Crippen molar-refractivity contribution in [1.29, 1.82) is 0 Å². The monoisotopic (exact) mass is 444 g/mol. The predicted molar refractivity (Wildman–Crippen MR) is 117 cm³/mol. The normalized spacial score (nSPS) is 32.3. The van der Waals surface area contributed by atoms with Gasteiger partial charge < -0.3 is 24.4 Å². The zero-order chi connectivity index (χ0) is 21.6. The van der Waals surface area contributed by atoms with Crippen LogP contribution >= 0.6 is 11.6 Å². The third-order valence-corrected chi connectivity index (χ3v) is 7.28. The molecule has 2 heterocycles. The van der Waals surface area contributed by atoms with Gasteiger partial charge in [-0.05, 0) is 79.8 Å². The molecule has 3 fully saturated rings. The molecule has 2 aromatic rings. The van der Waals surface area contributed by atoms with E-state index in [4.69, 9.17) is 25.8 Å². The lowest BCUT2D eigenvalue weighted by atomic mass is 9.77. The third-order valence-electron chi connectivity index (χ3n) is 6.91. The van der Waals surface area contributed by atoms with Crippen LogP contribution in [-0.2, 0) is 21.7 Å². The average Bonchev–Trinajstić information content (AvgIpc) is 3.57. The van der Waals surface area contributed by atoms with Crippen LogP contribution in [0.5, 0.6) is 5.75 Å². The lowest BCUT2D eigenvalue weighted by molar-refractivity contribution is -0.296. The maximum atomic E-state index is 11.3. The predicted octanol–water partition coefficient (Wildman–Crippen LogP) is 4.05. The molecule has 2 saturated heterocycles. The summed E-state index contributed by atoms with van der Waals surface area (Å²) in [6, 6.07) is 13.7. The molecule has 0 radical (unpaired) electrons. The van der Waals surface area contributed by atoms with E-state index in [0.29, 0.717) is 30.4 Å². The first-order valence-corrected chi connectivity index (χ1v) is 11.5. The van der Waals surface area contributed by atoms with Crippen molar-refractivity contribution in [2.45, 2.75) is 50.1 Å². The second-order valence-electron chi connectivity index (χ2n) is 9.11. The van der Waals surface area contributed by atoms with E-state index in [9.17, 15) is 10.2 Å². The number of fused-ring (bicyclic) bond motifs is 2. The van der Waals surface area contributed by atoms with Gasteiger partial charge in [0.2, 0.25) is 5.79 Å². The van der Waals surface area contributed by atoms with E-state index in [1.807, 2.05) is 49.4 Å². The van der Waals surface area contributed by atoms with E-state index < -0.39 is 17.5 Å². The number of ether oxygens (including phenoxy) is 3. The highest BCUT2D eigenvalue weighted by Crippen LogP contribution is 2.56. The zero-order valence-corrected chi connectivity index (χ0v) is 18.5. The van der Waals surface area contributed by atoms with Gasteiger partial charge in [-0.15, -0.1) is 0 Å². The lowest BCUT2D eigenvalue weighted by Crippen LogP contribution is -2.55. The summed E-state index contributed by atoms with van der Waals surface area (Å²) in [7, 11) is 0. The van der Waals surface area contributed by atoms with Gasteiger partial charge in [-0.2, -0.15) is 0 Å². The molecular weight excluding hydrogens is 416 g/mol. The second kappa shape index (κ2) is 8.05. The van der Waals surface area contributed by atoms with Crippen LogP contribution in [0, 0.1) is 11.8 Å². The molecule has 0 unspecified atom stereocenters. The maximum Gasteiger partial charge on any atom is 0.222 e. The van der Waals surface area contributed by atoms with Crippen LogP contribution in [0.2, 0.25) is 5.02 Å². The Morgan fingerprint density at radius 3 is 2.61 bits per heavy atom. The van der Waals surface area contributed by atoms with E-state index in [0.717, 1.165) is 35.3 Å². The number of hydrogen-bond acceptors (Lipinski definition) is 5. The summed E-state index contributed by atoms with van der Waals surface area (Å²) < 4.78 is 18.0. The number of benzene rings is 2. The number of aliphatic hydroxyl groups excluding tert-OH is 2. The summed E-state index contributed by atoms with van der Waals surface area (Å²) in [5.41, 5.74) is 2.05. The van der Waals surface area contributed by atoms with Gasteiger partial charge in [-0.3, -0.25) is 0 Å². The summed E-state index contributed by atoms with van der Waals surface area (Å²) >= 11 is 6.54. The van der Waals surface area contributed by atoms with Crippen molar-refractivity contribution < 1.29 is 24.4 Å². The number of rotatable bonds is 7. The standard InChI is InChI=1S/C25H29ClO5/c1-2-29-20-8-3-16(4-9-20)11-18-12-19(7-10-22(18)26)25-23(28)21(17-5-6-17)13-24(14-27,31-25)15-30-25/h3-4,7-10,12,17,21,23,27-28H,2,5-6,11,13-15H2,1H3/t21-,23-,24+,25+/m1/s1. The fraction of sp³-hybridized carbons (Fsp3) is 0.520. The molecule has 5 nitrogen and oxygen atoms in total. The Hall–Kier alpha value is -1.63. The van der Waals surface area contributed by atoms with Crippen LogP contribution in [-0.4, -0.2) is 41.7 Å². The van der Waals surface area contributed by atoms with Gasteiger partial charge in [-0.25, -0.2) is 0 Å². The fourth-order valence-corrected chi connectivity index (χ4v) is 5.29. The fourth-order valence-electron chi connectivity index (χ4n) is 5.11. The largest absolute Gasteiger partial charge is 0.494 e. The van der Waals surface area contributed by atoms with E-state index in [1.54, 1.807) is 0 Å². The molecule has 0 aromatic heterocycles. The molecule has 5 rings (SSSR count). The molecule has 0 spiro atoms. The Bertz CT molecular complexity index is 943. The SMILES string of the molecule is CCOc1ccc(Cc2cc([C@@]34OC[C@@](CO)(C[C@H](C5CC5)[C@H]3O)O4)ccc2Cl)cc1. The lowest BCUT2D eigenvalue weighted by Gasteiger charge is -2.45. The smallest absolute Gasteiger partial charge is 0.222 e. The highest BCUT2D eigenvalue weighted by atomic mass is 35.5. The Morgan fingerprint density at radius 1 is 1.16 bits per heavy atom. The van der Waals surface area contributed by atoms with Gasteiger partial charge >= 0.3 is 0 Å². The summed E-state index contributed by atoms with van der Waals surface area (Å²) in [5.74, 6) is 0.122. The molecule has 2 bridgehead atoms. The van der Waals surface area contributed by atoms with Crippen molar-refractivity contribution >= 4 is 11.6 Å². The topological polar surface area (TPSA) is 68.2 Å². The minimum atomic E-state index is -1.26. The minimum Gasteiger partial charge on any atom is -0.494 e. The summed E-state index contributed by atoms with van der Waals surface area (Å²) in [5, 5.41) is 22.1. The molecule has 2 aromatic carbocycles. The van der Waals surface area contributed by atoms with Crippen LogP contribution in [0.15, 0.2) is 42.5 Å². The first-order valence-electron chi connectivity index (χ1n) is 11.1. The molecule has 31 heavy (non-hydrogen) atoms. The molecule has 2 N–H and O–H groups in total. The third kappa shape index (κ3) is 3.77. The first kappa shape index (κ1) is 21.2. The van der Waals surface area contributed by atoms with Crippen molar-refractivity contribution in [3.05, 3.63) is 64.2 Å². The van der Waals surface area contributed by atoms with Crippen LogP contribution < -0.4 is 4.74 Å². The van der Waals surface area contributed by atoms with E-state index in [-0.39, 0.29) is 19.1 Å². The van der Waals surface area contributed by atoms with Gasteiger partial charge in [0.1, 0.15) is 17.5 Å². The van der Waals surface area contributed by atoms with Crippen LogP contribution in [0.25, 0.3) is 0 Å². The molecule has 4 atom stereocenters. The first-order chi connectivity index (χ1) is 15.0. The Morgan fingerprint density at radius 2 is 1.94 bits per heavy atom. The minimum absolute atomic E-state index is 0.0636. The molecule has 1 saturated carbocycles. The van der Waals surface area contributed by atoms with E-state index in [2.05, 4.69) is 0 Å². The molecule has 6 heteroatoms. The van der Waals surface area contributed by atoms with Gasteiger partial charge in [0.25, 0.3) is 0 Å². The Balaban J connectivity index is 1.46. The number of aliphatic hydroxyl groups is 2. The summed E-state index contributed by atoms with van der Waals surface area (Å²) in [6.07, 6.45) is 2.72. The van der Waals surface area contributed by atoms with Gasteiger partial charge in [0, 0.05) is 10.6 Å². The molecule has 0 amide bonds. The number of hydrogen-bond donors (Lipinski definition) is 2. The molecule has 166 valence electrons. The average molecular weight is 445 g/mol. The molecule has 2 aliphatic heterocycles. The molecule has 1 aliphatic carbocycles. The Labute approximate surface area is 187 Å². The van der Waals surface area contributed by atoms with Crippen LogP contribution in [0.3, 0.4) is 0 Å². The van der Waals surface area contributed by atoms with Crippen molar-refractivity contribution in [3.63, 3.8) is 0 Å². The second-order valence-corrected chi connectivity index (χ2v) is 9.52. The highest BCUT2D eigenvalue weighted by Gasteiger charge is 2.64. The van der Waals surface area contributed by atoms with Crippen molar-refractivity contribution in [2.75, 3.05) is 19.8 Å². The molecule has 3 aliphatic rings. The van der Waals surface area contributed by atoms with Crippen molar-refractivity contribution in [2.24, 2.45) is 11.8 Å². The highest BCUT2D eigenvalue weighted by molar-refractivity contribution is 6.31. The quantitative estimate of drug-likeness (QED) is 0.674. The van der Waals surface area contributed by atoms with Crippen LogP contribution in [0.1, 0.15) is 42.9 Å². The van der Waals surface area contributed by atoms with Crippen molar-refractivity contribution in [3.8, 4) is 5.75 Å². The van der Waals surface area contributed by atoms with Gasteiger partial charge in [0.15, 0.2) is 0 Å². The Kier molecular flexibility index (Phi) is 5.51. The van der Waals surface area contributed by atoms with Gasteiger partial charge in [0.05, 0.1) is 19.8 Å². The zero-order valence-electron chi connectivity index (χ0n) is 17.7. The van der Waals surface area contributed by atoms with Crippen molar-refractivity contribution in [1.82, 2.24) is 0 Å². The maximum absolute atomic E-state index is 11.3. The van der Waals surface area contributed by atoms with E-state index in [1.165, 1.54) is 0 Å². The number of halogens is 1. The summed E-state index contributed by atoms with van der Waals surface area (Å²) in [6.45, 7) is 2.76.